The standard InChI is InChI=1S/C7H18O4SSi.C7H18O3SSi.C7H18O2SSi.C6H16O2SSi.C5H12F2O2SSi.C5H12F2OSSi.C2H6O4S.CH4.FH.Mo.Na.H2O2.H2O/c1-10-13(4,11-2)7-5-6-12(3,8)9;1-9-12(4,10-2)7-5-6-11(3)8;1-8-11(4,9-2)7-5-6-10-3;1-7-10(3,8-2)6-4-5-9;1-10(8,9)4-3-5-11(2,6)7;1-9(8)4-3-5-10(2,6)7;1-5-7(3,4)6-2;;;;;1-2;/h5-7H2,1-4H3;5-7H2,1-4H3;5-7H2,1-4H3;9H,4-6H2,1-3H3;3-5H2,1-2H3;3-5H2,1-2H3;1-2H3;1H4;1H;;;1-2H;1H2/q;;;;;;;;;;+1;;/p-1. The van der Waals surface area contributed by atoms with Crippen molar-refractivity contribution < 1.29 is 165 Å². The van der Waals surface area contributed by atoms with Crippen molar-refractivity contribution in [2.75, 3.05) is 137 Å². The van der Waals surface area contributed by atoms with E-state index in [0.717, 1.165) is 76.0 Å². The van der Waals surface area contributed by atoms with E-state index in [-0.39, 0.29) is 98.2 Å². The minimum Gasteiger partial charge on any atom is -0.870 e. The molecule has 2 atom stereocenters. The smallest absolute Gasteiger partial charge is 0.870 e. The molecule has 2 unspecified atom stereocenters. The maximum absolute atomic E-state index is 12.2. The molecule has 0 aromatic heterocycles. The maximum atomic E-state index is 12.2. The Hall–Kier alpha value is 2.97. The van der Waals surface area contributed by atoms with Crippen LogP contribution in [-0.2, 0) is 117 Å². The van der Waals surface area contributed by atoms with Crippen LogP contribution in [0.4, 0.5) is 21.1 Å². The fourth-order valence-electron chi connectivity index (χ4n) is 4.64. The van der Waals surface area contributed by atoms with E-state index in [2.05, 4.69) is 40.3 Å². The zero-order valence-electron chi connectivity index (χ0n) is 51.6. The summed E-state index contributed by atoms with van der Waals surface area (Å²) in [5.41, 5.74) is 0. The van der Waals surface area contributed by atoms with Crippen LogP contribution in [0, 0.1) is 0 Å². The van der Waals surface area contributed by atoms with Gasteiger partial charge in [-0.3, -0.25) is 48.4 Å². The molecule has 0 aliphatic carbocycles. The Balaban J connectivity index is -0.0000000599. The second-order valence-corrected chi connectivity index (χ2v) is 47.4. The normalized spacial score (nSPS) is 12.2. The Kier molecular flexibility index (Phi) is 93.4. The van der Waals surface area contributed by atoms with Crippen molar-refractivity contribution in [1.29, 1.82) is 0 Å². The molecule has 0 bridgehead atoms. The summed E-state index contributed by atoms with van der Waals surface area (Å²) in [5.74, 6) is 3.36. The molecular weight excluding hydrogens is 1420 g/mol. The van der Waals surface area contributed by atoms with Crippen LogP contribution in [0.15, 0.2) is 0 Å². The van der Waals surface area contributed by atoms with E-state index in [4.69, 9.17) is 45.9 Å². The molecule has 502 valence electrons. The summed E-state index contributed by atoms with van der Waals surface area (Å²) in [6.07, 6.45) is 12.0. The molecule has 0 aromatic rings. The largest absolute Gasteiger partial charge is 1.00 e. The first-order valence-corrected chi connectivity index (χ1v) is 49.2. The third-order valence-electron chi connectivity index (χ3n) is 10.0. The average molecular weight is 1530 g/mol. The van der Waals surface area contributed by atoms with Crippen molar-refractivity contribution >= 4 is 128 Å². The topological polar surface area (TPSA) is 299 Å². The van der Waals surface area contributed by atoms with Crippen LogP contribution < -0.4 is 29.6 Å². The van der Waals surface area contributed by atoms with Crippen molar-refractivity contribution in [3.63, 3.8) is 0 Å². The zero-order valence-corrected chi connectivity index (χ0v) is 67.4. The predicted molar refractivity (Wildman–Crippen MR) is 336 cm³/mol. The minimum absolute atomic E-state index is 0. The molecule has 0 fully saturated rings. The van der Waals surface area contributed by atoms with E-state index in [0.29, 0.717) is 24.6 Å². The molecule has 0 saturated heterocycles. The van der Waals surface area contributed by atoms with Gasteiger partial charge in [0.2, 0.25) is 0 Å². The van der Waals surface area contributed by atoms with Crippen molar-refractivity contribution in [2.45, 2.75) is 121 Å². The van der Waals surface area contributed by atoms with Gasteiger partial charge in [0, 0.05) is 148 Å². The minimum atomic E-state index is -4.02. The van der Waals surface area contributed by atoms with Crippen molar-refractivity contribution in [2.24, 2.45) is 0 Å². The average Bonchev–Trinajstić information content (AvgIpc) is 3.33. The molecule has 0 aromatic carbocycles. The Morgan fingerprint density at radius 1 is 0.494 bits per heavy atom. The molecule has 0 aliphatic rings. The zero-order chi connectivity index (χ0) is 62.2. The van der Waals surface area contributed by atoms with Crippen molar-refractivity contribution in [1.82, 2.24) is 0 Å². The van der Waals surface area contributed by atoms with Crippen LogP contribution in [0.5, 0.6) is 0 Å². The Morgan fingerprint density at radius 2 is 0.716 bits per heavy atom. The van der Waals surface area contributed by atoms with Crippen LogP contribution in [0.2, 0.25) is 75.5 Å². The van der Waals surface area contributed by atoms with Crippen molar-refractivity contribution in [3.8, 4) is 0 Å². The third-order valence-corrected chi connectivity index (χ3v) is 30.1. The SMILES string of the molecule is C.COS(=O)(=O)OC.CO[Si](C)(CCCS(C)(=O)=O)OC.CO[Si](C)(CCCS(C)=O)OC.CO[Si](C)(CCCS)OC.CO[Si](C)(CCCSC)OC.CS(=O)CCC[Si](C)(F)F.C[Si](F)(F)CCCS(C)(=O)=O.F.OO.[Mo].[Na+].[OH-]. The molecule has 0 amide bonds. The molecule has 0 rings (SSSR count). The number of hydrogen-bond acceptors (Lipinski definition) is 23. The monoisotopic (exact) mass is 1530 g/mol. The first-order chi connectivity index (χ1) is 34.5. The molecule has 0 saturated carbocycles. The van der Waals surface area contributed by atoms with Crippen molar-refractivity contribution in [3.05, 3.63) is 0 Å². The van der Waals surface area contributed by atoms with Crippen LogP contribution >= 0.6 is 24.4 Å². The fraction of sp³-hybridized carbons (Fsp3) is 1.00. The summed E-state index contributed by atoms with van der Waals surface area (Å²) in [6.45, 7) is 10.1. The van der Waals surface area contributed by atoms with Gasteiger partial charge in [0.25, 0.3) is 0 Å². The van der Waals surface area contributed by atoms with Gasteiger partial charge in [-0.15, -0.1) is 0 Å². The predicted octanol–water partition coefficient (Wildman–Crippen LogP) is 6.03. The van der Waals surface area contributed by atoms with Gasteiger partial charge < -0.3 is 40.9 Å². The quantitative estimate of drug-likeness (QED) is 0.0128. The Morgan fingerprint density at radius 3 is 0.914 bits per heavy atom. The summed E-state index contributed by atoms with van der Waals surface area (Å²) in [4.78, 5) is 0. The van der Waals surface area contributed by atoms with Gasteiger partial charge in [0.15, 0.2) is 0 Å². The van der Waals surface area contributed by atoms with Gasteiger partial charge in [-0.2, -0.15) is 32.8 Å². The summed E-state index contributed by atoms with van der Waals surface area (Å²) in [5, 5.41) is 12.0. The van der Waals surface area contributed by atoms with Crippen LogP contribution in [0.1, 0.15) is 46.0 Å². The maximum Gasteiger partial charge on any atom is 1.00 e. The Bertz CT molecular complexity index is 1710. The number of rotatable bonds is 33. The second-order valence-electron chi connectivity index (χ2n) is 17.2. The summed E-state index contributed by atoms with van der Waals surface area (Å²) < 4.78 is 182. The first-order valence-electron chi connectivity index (χ1n) is 23.3. The van der Waals surface area contributed by atoms with Gasteiger partial charge >= 0.3 is 91.7 Å². The molecule has 41 heteroatoms. The molecule has 3 N–H and O–H groups in total. The first kappa shape index (κ1) is 115. The number of thioether (sulfide) groups is 1. The molecule has 0 heterocycles. The molecular formula is C40H108F5MoNaO21S7Si6. The summed E-state index contributed by atoms with van der Waals surface area (Å²) in [6, 6.07) is 3.52. The van der Waals surface area contributed by atoms with E-state index in [1.165, 1.54) is 24.7 Å². The van der Waals surface area contributed by atoms with Crippen LogP contribution in [0.3, 0.4) is 0 Å². The van der Waals surface area contributed by atoms with Gasteiger partial charge in [0.05, 0.1) is 14.2 Å². The molecule has 81 heavy (non-hydrogen) atoms. The second kappa shape index (κ2) is 65.9. The van der Waals surface area contributed by atoms with Crippen LogP contribution in [0.25, 0.3) is 0 Å². The van der Waals surface area contributed by atoms with E-state index in [9.17, 15) is 50.1 Å². The molecule has 0 spiro atoms. The molecule has 0 aliphatic heterocycles. The van der Waals surface area contributed by atoms with Gasteiger partial charge in [-0.25, -0.2) is 16.8 Å². The van der Waals surface area contributed by atoms with Crippen LogP contribution in [-0.4, -0.2) is 238 Å². The number of thiol groups is 1. The van der Waals surface area contributed by atoms with E-state index < -0.39 is 103 Å². The fourth-order valence-corrected chi connectivity index (χ4v) is 16.6. The number of hydrogen-bond donors (Lipinski definition) is 3. The van der Waals surface area contributed by atoms with Gasteiger partial charge in [-0.1, -0.05) is 7.43 Å². The van der Waals surface area contributed by atoms with Gasteiger partial charge in [0.1, 0.15) is 19.7 Å². The van der Waals surface area contributed by atoms with E-state index in [1.54, 1.807) is 63.1 Å². The van der Waals surface area contributed by atoms with E-state index >= 15 is 0 Å². The van der Waals surface area contributed by atoms with E-state index in [1.807, 2.05) is 24.9 Å². The third kappa shape index (κ3) is 99.4. The number of halogens is 5. The molecule has 0 radical (unpaired) electrons. The summed E-state index contributed by atoms with van der Waals surface area (Å²) >= 11 is 6.00. The summed E-state index contributed by atoms with van der Waals surface area (Å²) in [7, 11) is -11.0. The molecule has 21 nitrogen and oxygen atoms in total. The Labute approximate surface area is 546 Å². The number of sulfone groups is 2. The van der Waals surface area contributed by atoms with Gasteiger partial charge in [-0.05, 0) is 132 Å².